The molecular formula is C13H14FN3O2S. The molecule has 106 valence electrons. The molecule has 1 aromatic heterocycles. The van der Waals surface area contributed by atoms with Gasteiger partial charge >= 0.3 is 0 Å². The smallest absolute Gasteiger partial charge is 0.263 e. The lowest BCUT2D eigenvalue weighted by Crippen LogP contribution is -2.26. The van der Waals surface area contributed by atoms with Crippen LogP contribution in [0.15, 0.2) is 24.3 Å². The molecule has 0 bridgehead atoms. The number of aliphatic hydroxyl groups excluding tert-OH is 1. The first-order valence-electron chi connectivity index (χ1n) is 5.99. The third-order valence-electron chi connectivity index (χ3n) is 2.50. The van der Waals surface area contributed by atoms with E-state index in [0.717, 1.165) is 0 Å². The standard InChI is InChI=1S/C13H14FN3O2S/c1-8-11(12(19)15-6-7-18)20-13(16-8)17-10-4-2-9(14)3-5-10/h2-5,18H,6-7H2,1H3,(H,15,19)(H,16,17). The largest absolute Gasteiger partial charge is 0.395 e. The number of aliphatic hydroxyl groups is 1. The van der Waals surface area contributed by atoms with E-state index in [1.54, 1.807) is 19.1 Å². The number of hydrogen-bond acceptors (Lipinski definition) is 5. The predicted octanol–water partition coefficient (Wildman–Crippen LogP) is 2.06. The fraction of sp³-hybridized carbons (Fsp3) is 0.231. The maximum Gasteiger partial charge on any atom is 0.263 e. The number of carbonyl (C=O) groups excluding carboxylic acids is 1. The highest BCUT2D eigenvalue weighted by atomic mass is 32.1. The van der Waals surface area contributed by atoms with Gasteiger partial charge < -0.3 is 15.7 Å². The van der Waals surface area contributed by atoms with E-state index < -0.39 is 0 Å². The van der Waals surface area contributed by atoms with Crippen molar-refractivity contribution in [1.29, 1.82) is 0 Å². The van der Waals surface area contributed by atoms with Crippen LogP contribution in [0, 0.1) is 12.7 Å². The molecule has 1 aromatic carbocycles. The van der Waals surface area contributed by atoms with Crippen LogP contribution in [0.4, 0.5) is 15.2 Å². The molecule has 0 radical (unpaired) electrons. The minimum absolute atomic E-state index is 0.107. The van der Waals surface area contributed by atoms with Crippen molar-refractivity contribution < 1.29 is 14.3 Å². The molecule has 0 atom stereocenters. The van der Waals surface area contributed by atoms with Gasteiger partial charge in [0, 0.05) is 12.2 Å². The Labute approximate surface area is 119 Å². The van der Waals surface area contributed by atoms with Crippen LogP contribution in [0.25, 0.3) is 0 Å². The van der Waals surface area contributed by atoms with Gasteiger partial charge in [-0.25, -0.2) is 9.37 Å². The number of amides is 1. The van der Waals surface area contributed by atoms with Gasteiger partial charge in [0.2, 0.25) is 0 Å². The third-order valence-corrected chi connectivity index (χ3v) is 3.57. The highest BCUT2D eigenvalue weighted by Gasteiger charge is 2.14. The number of halogens is 1. The van der Waals surface area contributed by atoms with E-state index in [4.69, 9.17) is 5.11 Å². The topological polar surface area (TPSA) is 74.2 Å². The van der Waals surface area contributed by atoms with Crippen LogP contribution in [0.5, 0.6) is 0 Å². The molecule has 0 aliphatic carbocycles. The zero-order valence-electron chi connectivity index (χ0n) is 10.8. The summed E-state index contributed by atoms with van der Waals surface area (Å²) in [7, 11) is 0. The first-order chi connectivity index (χ1) is 9.60. The van der Waals surface area contributed by atoms with Crippen molar-refractivity contribution in [2.45, 2.75) is 6.92 Å². The molecule has 1 heterocycles. The summed E-state index contributed by atoms with van der Waals surface area (Å²) in [5, 5.41) is 14.8. The van der Waals surface area contributed by atoms with Crippen LogP contribution in [-0.2, 0) is 0 Å². The molecule has 0 aliphatic heterocycles. The molecule has 5 nitrogen and oxygen atoms in total. The number of benzene rings is 1. The van der Waals surface area contributed by atoms with E-state index in [1.165, 1.54) is 23.5 Å². The van der Waals surface area contributed by atoms with E-state index in [1.807, 2.05) is 0 Å². The number of rotatable bonds is 5. The molecule has 0 saturated carbocycles. The first kappa shape index (κ1) is 14.4. The zero-order valence-corrected chi connectivity index (χ0v) is 11.6. The van der Waals surface area contributed by atoms with Gasteiger partial charge in [-0.2, -0.15) is 0 Å². The van der Waals surface area contributed by atoms with E-state index >= 15 is 0 Å². The summed E-state index contributed by atoms with van der Waals surface area (Å²) in [6.07, 6.45) is 0. The molecule has 7 heteroatoms. The highest BCUT2D eigenvalue weighted by Crippen LogP contribution is 2.25. The highest BCUT2D eigenvalue weighted by molar-refractivity contribution is 7.17. The molecule has 0 aliphatic rings. The summed E-state index contributed by atoms with van der Waals surface area (Å²) in [6.45, 7) is 1.83. The monoisotopic (exact) mass is 295 g/mol. The SMILES string of the molecule is Cc1nc(Nc2ccc(F)cc2)sc1C(=O)NCCO. The maximum atomic E-state index is 12.8. The number of thiazole rings is 1. The Kier molecular flexibility index (Phi) is 4.65. The quantitative estimate of drug-likeness (QED) is 0.789. The summed E-state index contributed by atoms with van der Waals surface area (Å²) in [5.74, 6) is -0.573. The molecule has 20 heavy (non-hydrogen) atoms. The average molecular weight is 295 g/mol. The van der Waals surface area contributed by atoms with Crippen molar-refractivity contribution in [3.05, 3.63) is 40.7 Å². The first-order valence-corrected chi connectivity index (χ1v) is 6.81. The van der Waals surface area contributed by atoms with Crippen molar-refractivity contribution in [3.8, 4) is 0 Å². The Bertz CT molecular complexity index is 598. The number of nitrogens with one attached hydrogen (secondary N) is 2. The molecule has 1 amide bonds. The Morgan fingerprint density at radius 3 is 2.75 bits per heavy atom. The molecule has 0 saturated heterocycles. The maximum absolute atomic E-state index is 12.8. The fourth-order valence-corrected chi connectivity index (χ4v) is 2.47. The van der Waals surface area contributed by atoms with E-state index in [9.17, 15) is 9.18 Å². The Balaban J connectivity index is 2.10. The molecule has 3 N–H and O–H groups in total. The molecule has 2 rings (SSSR count). The summed E-state index contributed by atoms with van der Waals surface area (Å²) >= 11 is 1.21. The van der Waals surface area contributed by atoms with Gasteiger partial charge in [-0.3, -0.25) is 4.79 Å². The second kappa shape index (κ2) is 6.44. The molecule has 0 fully saturated rings. The third kappa shape index (κ3) is 3.52. The molecular weight excluding hydrogens is 281 g/mol. The number of anilines is 2. The Hall–Kier alpha value is -1.99. The fourth-order valence-electron chi connectivity index (χ4n) is 1.57. The predicted molar refractivity (Wildman–Crippen MR) is 76.0 cm³/mol. The van der Waals surface area contributed by atoms with Gasteiger partial charge in [0.15, 0.2) is 5.13 Å². The van der Waals surface area contributed by atoms with Crippen LogP contribution in [0.2, 0.25) is 0 Å². The van der Waals surface area contributed by atoms with E-state index in [-0.39, 0.29) is 24.9 Å². The van der Waals surface area contributed by atoms with Gasteiger partial charge in [0.25, 0.3) is 5.91 Å². The van der Waals surface area contributed by atoms with E-state index in [0.29, 0.717) is 21.4 Å². The Morgan fingerprint density at radius 1 is 1.40 bits per heavy atom. The minimum atomic E-state index is -0.310. The van der Waals surface area contributed by atoms with Crippen molar-refractivity contribution in [1.82, 2.24) is 10.3 Å². The Morgan fingerprint density at radius 2 is 2.10 bits per heavy atom. The normalized spacial score (nSPS) is 10.3. The lowest BCUT2D eigenvalue weighted by molar-refractivity contribution is 0.0948. The second-order valence-electron chi connectivity index (χ2n) is 4.04. The van der Waals surface area contributed by atoms with Gasteiger partial charge in [-0.05, 0) is 31.2 Å². The summed E-state index contributed by atoms with van der Waals surface area (Å²) < 4.78 is 12.8. The van der Waals surface area contributed by atoms with Gasteiger partial charge in [0.05, 0.1) is 12.3 Å². The van der Waals surface area contributed by atoms with Crippen molar-refractivity contribution >= 4 is 28.1 Å². The van der Waals surface area contributed by atoms with Crippen molar-refractivity contribution in [2.24, 2.45) is 0 Å². The van der Waals surface area contributed by atoms with Gasteiger partial charge in [0.1, 0.15) is 10.7 Å². The van der Waals surface area contributed by atoms with Crippen LogP contribution in [0.1, 0.15) is 15.4 Å². The number of hydrogen-bond donors (Lipinski definition) is 3. The minimum Gasteiger partial charge on any atom is -0.395 e. The second-order valence-corrected chi connectivity index (χ2v) is 5.04. The summed E-state index contributed by atoms with van der Waals surface area (Å²) in [4.78, 5) is 16.5. The molecule has 2 aromatic rings. The molecule has 0 unspecified atom stereocenters. The van der Waals surface area contributed by atoms with Crippen molar-refractivity contribution in [3.63, 3.8) is 0 Å². The number of aryl methyl sites for hydroxylation is 1. The van der Waals surface area contributed by atoms with Crippen LogP contribution in [-0.4, -0.2) is 29.1 Å². The number of nitrogens with zero attached hydrogens (tertiary/aromatic N) is 1. The summed E-state index contributed by atoms with van der Waals surface area (Å²) in [6, 6.07) is 5.88. The average Bonchev–Trinajstić information content (AvgIpc) is 2.79. The number of aromatic nitrogens is 1. The summed E-state index contributed by atoms with van der Waals surface area (Å²) in [5.41, 5.74) is 1.30. The van der Waals surface area contributed by atoms with Crippen LogP contribution in [0.3, 0.4) is 0 Å². The zero-order chi connectivity index (χ0) is 14.5. The van der Waals surface area contributed by atoms with Gasteiger partial charge in [-0.15, -0.1) is 0 Å². The lowest BCUT2D eigenvalue weighted by atomic mass is 10.3. The molecule has 0 spiro atoms. The van der Waals surface area contributed by atoms with Crippen LogP contribution < -0.4 is 10.6 Å². The van der Waals surface area contributed by atoms with Crippen molar-refractivity contribution in [2.75, 3.05) is 18.5 Å². The van der Waals surface area contributed by atoms with E-state index in [2.05, 4.69) is 15.6 Å². The number of carbonyl (C=O) groups is 1. The van der Waals surface area contributed by atoms with Crippen LogP contribution >= 0.6 is 11.3 Å². The van der Waals surface area contributed by atoms with Gasteiger partial charge in [-0.1, -0.05) is 11.3 Å². The lowest BCUT2D eigenvalue weighted by Gasteiger charge is -2.01.